The van der Waals surface area contributed by atoms with E-state index in [4.69, 9.17) is 4.74 Å². The zero-order chi connectivity index (χ0) is 18.8. The van der Waals surface area contributed by atoms with Crippen LogP contribution < -0.4 is 15.4 Å². The summed E-state index contributed by atoms with van der Waals surface area (Å²) in [6, 6.07) is 16.2. The summed E-state index contributed by atoms with van der Waals surface area (Å²) in [5.74, 6) is 1.36. The van der Waals surface area contributed by atoms with Crippen LogP contribution in [0, 0.1) is 0 Å². The fraction of sp³-hybridized carbons (Fsp3) is 0.381. The Kier molecular flexibility index (Phi) is 10.6. The second kappa shape index (κ2) is 12.4. The van der Waals surface area contributed by atoms with Gasteiger partial charge >= 0.3 is 0 Å². The number of methoxy groups -OCH3 is 1. The SMILES string of the molecule is CCNC(=NCc1cccc(OC)c1O)NC(C)CCc1ccccc1.I. The van der Waals surface area contributed by atoms with Gasteiger partial charge in [-0.25, -0.2) is 4.99 Å². The molecule has 0 heterocycles. The number of guanidine groups is 1. The third-order valence-corrected chi connectivity index (χ3v) is 4.15. The number of rotatable bonds is 8. The zero-order valence-corrected chi connectivity index (χ0v) is 18.6. The largest absolute Gasteiger partial charge is 0.504 e. The molecule has 27 heavy (non-hydrogen) atoms. The van der Waals surface area contributed by atoms with Crippen molar-refractivity contribution in [2.24, 2.45) is 4.99 Å². The van der Waals surface area contributed by atoms with Crippen molar-refractivity contribution >= 4 is 29.9 Å². The van der Waals surface area contributed by atoms with Crippen LogP contribution in [0.2, 0.25) is 0 Å². The van der Waals surface area contributed by atoms with Crippen molar-refractivity contribution in [1.29, 1.82) is 0 Å². The van der Waals surface area contributed by atoms with E-state index in [0.29, 0.717) is 12.3 Å². The smallest absolute Gasteiger partial charge is 0.191 e. The van der Waals surface area contributed by atoms with Crippen molar-refractivity contribution in [1.82, 2.24) is 10.6 Å². The number of halogens is 1. The van der Waals surface area contributed by atoms with Crippen LogP contribution in [0.15, 0.2) is 53.5 Å². The zero-order valence-electron chi connectivity index (χ0n) is 16.2. The molecule has 0 saturated heterocycles. The molecule has 1 unspecified atom stereocenters. The van der Waals surface area contributed by atoms with Gasteiger partial charge in [0.25, 0.3) is 0 Å². The normalized spacial score (nSPS) is 12.0. The van der Waals surface area contributed by atoms with Crippen LogP contribution in [0.3, 0.4) is 0 Å². The predicted molar refractivity (Wildman–Crippen MR) is 122 cm³/mol. The number of aliphatic imine (C=N–C) groups is 1. The summed E-state index contributed by atoms with van der Waals surface area (Å²) < 4.78 is 5.15. The van der Waals surface area contributed by atoms with E-state index in [1.165, 1.54) is 5.56 Å². The molecule has 0 aliphatic rings. The van der Waals surface area contributed by atoms with E-state index in [1.54, 1.807) is 13.2 Å². The summed E-state index contributed by atoms with van der Waals surface area (Å²) in [5, 5.41) is 16.9. The van der Waals surface area contributed by atoms with E-state index in [2.05, 4.69) is 46.8 Å². The topological polar surface area (TPSA) is 65.9 Å². The quantitative estimate of drug-likeness (QED) is 0.301. The minimum absolute atomic E-state index is 0. The standard InChI is InChI=1S/C21H29N3O2.HI/c1-4-22-21(23-15-18-11-8-12-19(26-3)20(18)25)24-16(2)13-14-17-9-6-5-7-10-17;/h5-12,16,25H,4,13-15H2,1-3H3,(H2,22,23,24);1H. The van der Waals surface area contributed by atoms with Crippen molar-refractivity contribution in [3.8, 4) is 11.5 Å². The van der Waals surface area contributed by atoms with Crippen molar-refractivity contribution in [2.45, 2.75) is 39.3 Å². The minimum Gasteiger partial charge on any atom is -0.504 e. The number of benzene rings is 2. The number of ether oxygens (including phenoxy) is 1. The highest BCUT2D eigenvalue weighted by atomic mass is 127. The van der Waals surface area contributed by atoms with Gasteiger partial charge in [0.2, 0.25) is 0 Å². The average Bonchev–Trinajstić information content (AvgIpc) is 2.66. The predicted octanol–water partition coefficient (Wildman–Crippen LogP) is 4.10. The van der Waals surface area contributed by atoms with Gasteiger partial charge in [0.05, 0.1) is 13.7 Å². The van der Waals surface area contributed by atoms with E-state index < -0.39 is 0 Å². The van der Waals surface area contributed by atoms with Gasteiger partial charge in [-0.3, -0.25) is 0 Å². The summed E-state index contributed by atoms with van der Waals surface area (Å²) in [4.78, 5) is 4.59. The molecule has 2 aromatic carbocycles. The maximum Gasteiger partial charge on any atom is 0.191 e. The number of aryl methyl sites for hydroxylation is 1. The number of phenols is 1. The Bertz CT molecular complexity index is 708. The molecule has 0 amide bonds. The van der Waals surface area contributed by atoms with Crippen LogP contribution in [0.5, 0.6) is 11.5 Å². The first-order chi connectivity index (χ1) is 12.6. The number of hydrogen-bond donors (Lipinski definition) is 3. The fourth-order valence-corrected chi connectivity index (χ4v) is 2.68. The molecule has 2 aromatic rings. The van der Waals surface area contributed by atoms with Gasteiger partial charge in [-0.15, -0.1) is 24.0 Å². The number of nitrogens with zero attached hydrogens (tertiary/aromatic N) is 1. The summed E-state index contributed by atoms with van der Waals surface area (Å²) in [6.45, 7) is 5.35. The highest BCUT2D eigenvalue weighted by molar-refractivity contribution is 14.0. The molecule has 0 saturated carbocycles. The molecule has 0 aliphatic carbocycles. The van der Waals surface area contributed by atoms with Gasteiger partial charge in [0.15, 0.2) is 17.5 Å². The highest BCUT2D eigenvalue weighted by Gasteiger charge is 2.09. The van der Waals surface area contributed by atoms with Crippen LogP contribution in [0.1, 0.15) is 31.4 Å². The van der Waals surface area contributed by atoms with Crippen molar-refractivity contribution in [2.75, 3.05) is 13.7 Å². The Morgan fingerprint density at radius 3 is 2.56 bits per heavy atom. The Morgan fingerprint density at radius 2 is 1.89 bits per heavy atom. The molecule has 3 N–H and O–H groups in total. The number of aromatic hydroxyl groups is 1. The lowest BCUT2D eigenvalue weighted by Crippen LogP contribution is -2.42. The number of nitrogens with one attached hydrogen (secondary N) is 2. The van der Waals surface area contributed by atoms with Gasteiger partial charge < -0.3 is 20.5 Å². The molecular weight excluding hydrogens is 453 g/mol. The average molecular weight is 483 g/mol. The van der Waals surface area contributed by atoms with E-state index in [0.717, 1.165) is 30.9 Å². The lowest BCUT2D eigenvalue weighted by atomic mass is 10.1. The van der Waals surface area contributed by atoms with Crippen LogP contribution in [-0.4, -0.2) is 30.8 Å². The molecule has 0 aliphatic heterocycles. The number of hydrogen-bond acceptors (Lipinski definition) is 3. The Labute approximate surface area is 179 Å². The van der Waals surface area contributed by atoms with Crippen molar-refractivity contribution < 1.29 is 9.84 Å². The summed E-state index contributed by atoms with van der Waals surface area (Å²) in [5.41, 5.74) is 2.07. The first kappa shape index (κ1) is 23.1. The van der Waals surface area contributed by atoms with Gasteiger partial charge in [-0.2, -0.15) is 0 Å². The lowest BCUT2D eigenvalue weighted by Gasteiger charge is -2.18. The Morgan fingerprint density at radius 1 is 1.15 bits per heavy atom. The monoisotopic (exact) mass is 483 g/mol. The van der Waals surface area contributed by atoms with Crippen molar-refractivity contribution in [3.63, 3.8) is 0 Å². The molecule has 1 atom stereocenters. The Balaban J connectivity index is 0.00000364. The van der Waals surface area contributed by atoms with E-state index in [9.17, 15) is 5.11 Å². The van der Waals surface area contributed by atoms with Crippen LogP contribution in [0.25, 0.3) is 0 Å². The van der Waals surface area contributed by atoms with Gasteiger partial charge in [-0.05, 0) is 38.3 Å². The van der Waals surface area contributed by atoms with Gasteiger partial charge in [0, 0.05) is 18.2 Å². The first-order valence-electron chi connectivity index (χ1n) is 9.07. The molecule has 0 bridgehead atoms. The fourth-order valence-electron chi connectivity index (χ4n) is 2.68. The van der Waals surface area contributed by atoms with Crippen LogP contribution in [-0.2, 0) is 13.0 Å². The molecule has 0 fully saturated rings. The second-order valence-electron chi connectivity index (χ2n) is 6.23. The molecule has 0 radical (unpaired) electrons. The lowest BCUT2D eigenvalue weighted by molar-refractivity contribution is 0.370. The highest BCUT2D eigenvalue weighted by Crippen LogP contribution is 2.29. The molecule has 5 nitrogen and oxygen atoms in total. The maximum atomic E-state index is 10.2. The van der Waals surface area contributed by atoms with Gasteiger partial charge in [0.1, 0.15) is 0 Å². The Hall–Kier alpha value is -1.96. The first-order valence-corrected chi connectivity index (χ1v) is 9.07. The molecule has 0 aromatic heterocycles. The molecule has 6 heteroatoms. The number of para-hydroxylation sites is 1. The van der Waals surface area contributed by atoms with Crippen LogP contribution >= 0.6 is 24.0 Å². The summed E-state index contributed by atoms with van der Waals surface area (Å²) >= 11 is 0. The summed E-state index contributed by atoms with van der Waals surface area (Å²) in [6.07, 6.45) is 2.03. The third-order valence-electron chi connectivity index (χ3n) is 4.15. The maximum absolute atomic E-state index is 10.2. The second-order valence-corrected chi connectivity index (χ2v) is 6.23. The molecule has 2 rings (SSSR count). The molecule has 148 valence electrons. The van der Waals surface area contributed by atoms with E-state index in [1.807, 2.05) is 25.1 Å². The van der Waals surface area contributed by atoms with Crippen LogP contribution in [0.4, 0.5) is 0 Å². The van der Waals surface area contributed by atoms with Crippen molar-refractivity contribution in [3.05, 3.63) is 59.7 Å². The number of phenolic OH excluding ortho intramolecular Hbond substituents is 1. The third kappa shape index (κ3) is 7.66. The van der Waals surface area contributed by atoms with E-state index >= 15 is 0 Å². The molecule has 0 spiro atoms. The minimum atomic E-state index is 0. The van der Waals surface area contributed by atoms with Gasteiger partial charge in [-0.1, -0.05) is 42.5 Å². The summed E-state index contributed by atoms with van der Waals surface area (Å²) in [7, 11) is 1.54. The van der Waals surface area contributed by atoms with E-state index in [-0.39, 0.29) is 35.8 Å². The molecular formula is C21H30IN3O2.